The highest BCUT2D eigenvalue weighted by molar-refractivity contribution is 4.97. The lowest BCUT2D eigenvalue weighted by molar-refractivity contribution is -0.0411. The van der Waals surface area contributed by atoms with Crippen LogP contribution in [0.2, 0.25) is 0 Å². The molecule has 128 valence electrons. The van der Waals surface area contributed by atoms with E-state index in [1.807, 2.05) is 0 Å². The van der Waals surface area contributed by atoms with Gasteiger partial charge in [0.25, 0.3) is 0 Å². The highest BCUT2D eigenvalue weighted by atomic mass is 14.5. The van der Waals surface area contributed by atoms with E-state index in [0.29, 0.717) is 10.8 Å². The Labute approximate surface area is 139 Å². The molecule has 0 aromatic heterocycles. The second-order valence-corrected chi connectivity index (χ2v) is 10.2. The Bertz CT molecular complexity index is 372. The lowest BCUT2D eigenvalue weighted by atomic mass is 9.51. The molecule has 3 aliphatic carbocycles. The third-order valence-electron chi connectivity index (χ3n) is 8.33. The van der Waals surface area contributed by atoms with Gasteiger partial charge >= 0.3 is 0 Å². The minimum Gasteiger partial charge on any atom is -0.0625 e. The number of hydrogen-bond acceptors (Lipinski definition) is 0. The van der Waals surface area contributed by atoms with Crippen LogP contribution in [0, 0.1) is 34.5 Å². The van der Waals surface area contributed by atoms with Crippen molar-refractivity contribution in [2.75, 3.05) is 0 Å². The average Bonchev–Trinajstić information content (AvgIpc) is 2.45. The van der Waals surface area contributed by atoms with Gasteiger partial charge in [-0.2, -0.15) is 0 Å². The van der Waals surface area contributed by atoms with Gasteiger partial charge in [0.05, 0.1) is 0 Å². The Morgan fingerprint density at radius 2 is 1.68 bits per heavy atom. The molecule has 0 aliphatic heterocycles. The Kier molecular flexibility index (Phi) is 4.96. The average molecular weight is 305 g/mol. The van der Waals surface area contributed by atoms with Crippen molar-refractivity contribution >= 4 is 0 Å². The highest BCUT2D eigenvalue weighted by Crippen LogP contribution is 2.57. The van der Waals surface area contributed by atoms with Gasteiger partial charge in [0.1, 0.15) is 0 Å². The van der Waals surface area contributed by atoms with Gasteiger partial charge in [0, 0.05) is 0 Å². The monoisotopic (exact) mass is 304 g/mol. The predicted molar refractivity (Wildman–Crippen MR) is 96.9 cm³/mol. The van der Waals surface area contributed by atoms with E-state index in [2.05, 4.69) is 27.7 Å². The Morgan fingerprint density at radius 1 is 0.864 bits per heavy atom. The van der Waals surface area contributed by atoms with Crippen LogP contribution in [0.5, 0.6) is 0 Å². The minimum atomic E-state index is 0.662. The lowest BCUT2D eigenvalue weighted by Crippen LogP contribution is -2.45. The quantitative estimate of drug-likeness (QED) is 0.516. The fourth-order valence-electron chi connectivity index (χ4n) is 6.98. The molecule has 0 radical (unpaired) electrons. The van der Waals surface area contributed by atoms with Crippen LogP contribution in [0.1, 0.15) is 105 Å². The summed E-state index contributed by atoms with van der Waals surface area (Å²) in [6.45, 7) is 10.4. The van der Waals surface area contributed by atoms with Crippen LogP contribution < -0.4 is 0 Å². The normalized spacial score (nSPS) is 49.6. The zero-order valence-electron chi connectivity index (χ0n) is 15.8. The Balaban J connectivity index is 1.66. The maximum absolute atomic E-state index is 2.68. The molecule has 3 saturated carbocycles. The second kappa shape index (κ2) is 6.48. The number of fused-ring (bicyclic) bond motifs is 1. The molecule has 3 aliphatic rings. The molecule has 3 rings (SSSR count). The van der Waals surface area contributed by atoms with Crippen molar-refractivity contribution in [2.24, 2.45) is 34.5 Å². The summed E-state index contributed by atoms with van der Waals surface area (Å²) < 4.78 is 0. The van der Waals surface area contributed by atoms with Gasteiger partial charge < -0.3 is 0 Å². The highest BCUT2D eigenvalue weighted by Gasteiger charge is 2.47. The first-order chi connectivity index (χ1) is 10.4. The van der Waals surface area contributed by atoms with Gasteiger partial charge in [-0.3, -0.25) is 0 Å². The van der Waals surface area contributed by atoms with E-state index >= 15 is 0 Å². The fraction of sp³-hybridized carbons (Fsp3) is 1.00. The lowest BCUT2D eigenvalue weighted by Gasteiger charge is -2.54. The van der Waals surface area contributed by atoms with Crippen LogP contribution in [0.4, 0.5) is 0 Å². The van der Waals surface area contributed by atoms with Crippen molar-refractivity contribution in [2.45, 2.75) is 105 Å². The smallest absolute Gasteiger partial charge is 0.0267 e. The summed E-state index contributed by atoms with van der Waals surface area (Å²) in [6, 6.07) is 0. The van der Waals surface area contributed by atoms with E-state index < -0.39 is 0 Å². The molecule has 0 heterocycles. The van der Waals surface area contributed by atoms with Crippen LogP contribution >= 0.6 is 0 Å². The van der Waals surface area contributed by atoms with E-state index in [4.69, 9.17) is 0 Å². The summed E-state index contributed by atoms with van der Waals surface area (Å²) in [5.41, 5.74) is 1.35. The molecular weight excluding hydrogens is 264 g/mol. The Hall–Kier alpha value is 0. The molecule has 0 aromatic rings. The molecule has 0 nitrogen and oxygen atoms in total. The standard InChI is InChI=1S/C22H40/c1-17-8-7-13-21(3,16-17)15-12-20-18(2)10-11-19-9-5-6-14-22(19,20)4/h17-20H,5-16H2,1-4H3. The molecule has 0 heteroatoms. The molecule has 0 amide bonds. The van der Waals surface area contributed by atoms with Gasteiger partial charge in [-0.15, -0.1) is 0 Å². The van der Waals surface area contributed by atoms with E-state index in [0.717, 1.165) is 23.7 Å². The first-order valence-electron chi connectivity index (χ1n) is 10.4. The number of rotatable bonds is 3. The SMILES string of the molecule is CC1CCCC(C)(CCC2C(C)CCC3CCCCC32C)C1. The summed E-state index contributed by atoms with van der Waals surface area (Å²) in [5.74, 6) is 4.02. The van der Waals surface area contributed by atoms with Gasteiger partial charge in [-0.1, -0.05) is 59.8 Å². The van der Waals surface area contributed by atoms with Crippen molar-refractivity contribution < 1.29 is 0 Å². The molecule has 0 aromatic carbocycles. The van der Waals surface area contributed by atoms with Crippen molar-refractivity contribution in [1.29, 1.82) is 0 Å². The van der Waals surface area contributed by atoms with Crippen molar-refractivity contribution in [1.82, 2.24) is 0 Å². The maximum atomic E-state index is 2.68. The topological polar surface area (TPSA) is 0 Å². The van der Waals surface area contributed by atoms with Crippen LogP contribution in [-0.4, -0.2) is 0 Å². The van der Waals surface area contributed by atoms with E-state index in [9.17, 15) is 0 Å². The molecule has 6 unspecified atom stereocenters. The summed E-state index contributed by atoms with van der Waals surface area (Å²) in [4.78, 5) is 0. The first-order valence-corrected chi connectivity index (χ1v) is 10.4. The second-order valence-electron chi connectivity index (χ2n) is 10.2. The van der Waals surface area contributed by atoms with E-state index in [1.165, 1.54) is 77.0 Å². The predicted octanol–water partition coefficient (Wildman–Crippen LogP) is 7.23. The molecule has 3 fully saturated rings. The fourth-order valence-corrected chi connectivity index (χ4v) is 6.98. The summed E-state index contributed by atoms with van der Waals surface area (Å²) in [6.07, 6.45) is 18.1. The molecular formula is C22H40. The zero-order valence-corrected chi connectivity index (χ0v) is 15.8. The van der Waals surface area contributed by atoms with Crippen molar-refractivity contribution in [3.8, 4) is 0 Å². The van der Waals surface area contributed by atoms with E-state index in [-0.39, 0.29) is 0 Å². The maximum Gasteiger partial charge on any atom is -0.0267 e. The summed E-state index contributed by atoms with van der Waals surface area (Å²) >= 11 is 0. The molecule has 0 bridgehead atoms. The number of hydrogen-bond donors (Lipinski definition) is 0. The molecule has 0 saturated heterocycles. The van der Waals surface area contributed by atoms with Crippen LogP contribution in [0.25, 0.3) is 0 Å². The van der Waals surface area contributed by atoms with Gasteiger partial charge in [-0.05, 0) is 79.4 Å². The van der Waals surface area contributed by atoms with Crippen LogP contribution in [-0.2, 0) is 0 Å². The van der Waals surface area contributed by atoms with Crippen LogP contribution in [0.3, 0.4) is 0 Å². The van der Waals surface area contributed by atoms with Crippen molar-refractivity contribution in [3.63, 3.8) is 0 Å². The van der Waals surface area contributed by atoms with Gasteiger partial charge in [0.15, 0.2) is 0 Å². The van der Waals surface area contributed by atoms with Crippen molar-refractivity contribution in [3.05, 3.63) is 0 Å². The largest absolute Gasteiger partial charge is 0.0625 e. The third-order valence-corrected chi connectivity index (χ3v) is 8.33. The van der Waals surface area contributed by atoms with Crippen LogP contribution in [0.15, 0.2) is 0 Å². The summed E-state index contributed by atoms with van der Waals surface area (Å²) in [5, 5.41) is 0. The zero-order chi connectivity index (χ0) is 15.8. The molecule has 0 spiro atoms. The third kappa shape index (κ3) is 3.27. The first kappa shape index (κ1) is 16.8. The van der Waals surface area contributed by atoms with E-state index in [1.54, 1.807) is 0 Å². The summed E-state index contributed by atoms with van der Waals surface area (Å²) in [7, 11) is 0. The minimum absolute atomic E-state index is 0.662. The molecule has 22 heavy (non-hydrogen) atoms. The molecule has 0 N–H and O–H groups in total. The molecule has 6 atom stereocenters. The van der Waals surface area contributed by atoms with Gasteiger partial charge in [-0.25, -0.2) is 0 Å². The van der Waals surface area contributed by atoms with Gasteiger partial charge in [0.2, 0.25) is 0 Å². The Morgan fingerprint density at radius 3 is 2.45 bits per heavy atom.